The lowest BCUT2D eigenvalue weighted by molar-refractivity contribution is -0.137. The number of nitrogens with one attached hydrogen (secondary N) is 1. The molecular weight excluding hydrogens is 541 g/mol. The fourth-order valence-corrected chi connectivity index (χ4v) is 5.86. The average molecular weight is 577 g/mol. The summed E-state index contributed by atoms with van der Waals surface area (Å²) < 4.78 is 5.79. The van der Waals surface area contributed by atoms with Crippen LogP contribution in [0.4, 0.5) is 4.79 Å². The molecule has 2 atom stereocenters. The first kappa shape index (κ1) is 29.2. The number of carbonyl (C=O) groups excluding carboxylic acids is 2. The number of rotatable bonds is 12. The van der Waals surface area contributed by atoms with Gasteiger partial charge >= 0.3 is 12.0 Å². The van der Waals surface area contributed by atoms with Crippen LogP contribution in [0.15, 0.2) is 42.5 Å². The number of imide groups is 1. The van der Waals surface area contributed by atoms with E-state index in [1.165, 1.54) is 29.1 Å². The predicted octanol–water partition coefficient (Wildman–Crippen LogP) is 5.56. The second-order valence-electron chi connectivity index (χ2n) is 10.4. The first-order chi connectivity index (χ1) is 18.7. The summed E-state index contributed by atoms with van der Waals surface area (Å²) >= 11 is 12.6. The Hall–Kier alpha value is -2.81. The van der Waals surface area contributed by atoms with Gasteiger partial charge in [0.25, 0.3) is 0 Å². The topological polar surface area (TPSA) is 99.2 Å². The first-order valence-corrected chi connectivity index (χ1v) is 14.2. The molecule has 1 saturated carbocycles. The number of benzene rings is 2. The molecule has 0 spiro atoms. The van der Waals surface area contributed by atoms with Crippen LogP contribution in [0.1, 0.15) is 55.7 Å². The Bertz CT molecular complexity index is 1170. The van der Waals surface area contributed by atoms with Crippen molar-refractivity contribution in [3.8, 4) is 5.75 Å². The first-order valence-electron chi connectivity index (χ1n) is 13.4. The highest BCUT2D eigenvalue weighted by Gasteiger charge is 2.33. The van der Waals surface area contributed by atoms with Crippen molar-refractivity contribution in [1.29, 1.82) is 0 Å². The molecule has 2 aromatic carbocycles. The van der Waals surface area contributed by atoms with Gasteiger partial charge in [0, 0.05) is 24.2 Å². The monoisotopic (exact) mass is 575 g/mol. The van der Waals surface area contributed by atoms with Gasteiger partial charge in [0.2, 0.25) is 5.91 Å². The van der Waals surface area contributed by atoms with Gasteiger partial charge in [0.05, 0.1) is 18.0 Å². The summed E-state index contributed by atoms with van der Waals surface area (Å²) in [6.45, 7) is 0.383. The van der Waals surface area contributed by atoms with E-state index in [2.05, 4.69) is 5.32 Å². The van der Waals surface area contributed by atoms with Gasteiger partial charge in [0.1, 0.15) is 18.9 Å². The molecule has 1 saturated heterocycles. The summed E-state index contributed by atoms with van der Waals surface area (Å²) in [4.78, 5) is 38.3. The molecule has 3 amide bonds. The maximum Gasteiger partial charge on any atom is 0.327 e. The molecule has 10 heteroatoms. The van der Waals surface area contributed by atoms with Crippen LogP contribution in [0.5, 0.6) is 5.75 Å². The largest absolute Gasteiger partial charge is 0.490 e. The number of likely N-dealkylation sites (N-methyl/N-ethyl adjacent to an activating group) is 1. The van der Waals surface area contributed by atoms with Crippen LogP contribution in [0.25, 0.3) is 0 Å². The fourth-order valence-electron chi connectivity index (χ4n) is 5.48. The third-order valence-corrected chi connectivity index (χ3v) is 8.09. The molecule has 0 bridgehead atoms. The second kappa shape index (κ2) is 13.5. The number of hydrogen-bond donors (Lipinski definition) is 2. The van der Waals surface area contributed by atoms with E-state index in [1.54, 1.807) is 19.2 Å². The van der Waals surface area contributed by atoms with E-state index >= 15 is 0 Å². The van der Waals surface area contributed by atoms with E-state index in [4.69, 9.17) is 27.9 Å². The molecule has 4 rings (SSSR count). The van der Waals surface area contributed by atoms with Crippen molar-refractivity contribution >= 4 is 41.1 Å². The van der Waals surface area contributed by atoms with Crippen LogP contribution < -0.4 is 10.1 Å². The maximum atomic E-state index is 12.0. The van der Waals surface area contributed by atoms with Gasteiger partial charge in [-0.15, -0.1) is 0 Å². The van der Waals surface area contributed by atoms with Gasteiger partial charge in [-0.2, -0.15) is 0 Å². The Balaban J connectivity index is 1.44. The SMILES string of the molecule is CN1CC(=O)N(CCOc2ccc(CC(N[C@H](CC(=O)O)c3ccc(Cl)cc3)C3CCCCC3)cc2Cl)C1=O. The van der Waals surface area contributed by atoms with Crippen LogP contribution in [0.3, 0.4) is 0 Å². The molecule has 2 fully saturated rings. The van der Waals surface area contributed by atoms with Gasteiger partial charge in [-0.3, -0.25) is 14.5 Å². The zero-order valence-corrected chi connectivity index (χ0v) is 23.6. The number of urea groups is 1. The van der Waals surface area contributed by atoms with Crippen molar-refractivity contribution in [3.63, 3.8) is 0 Å². The highest BCUT2D eigenvalue weighted by Crippen LogP contribution is 2.32. The predicted molar refractivity (Wildman–Crippen MR) is 150 cm³/mol. The number of aliphatic carboxylic acids is 1. The van der Waals surface area contributed by atoms with E-state index in [9.17, 15) is 19.5 Å². The lowest BCUT2D eigenvalue weighted by Crippen LogP contribution is -2.42. The van der Waals surface area contributed by atoms with Crippen molar-refractivity contribution in [1.82, 2.24) is 15.1 Å². The van der Waals surface area contributed by atoms with E-state index in [-0.39, 0.29) is 50.1 Å². The van der Waals surface area contributed by atoms with Crippen molar-refractivity contribution < 1.29 is 24.2 Å². The number of ether oxygens (including phenoxy) is 1. The van der Waals surface area contributed by atoms with E-state index < -0.39 is 5.97 Å². The minimum atomic E-state index is -0.863. The zero-order valence-electron chi connectivity index (χ0n) is 22.1. The maximum absolute atomic E-state index is 12.0. The van der Waals surface area contributed by atoms with Gasteiger partial charge < -0.3 is 20.1 Å². The standard InChI is InChI=1S/C29H35Cl2N3O5/c1-33-18-27(35)34(29(33)38)13-14-39-26-12-7-19(15-23(26)31)16-24(20-5-3-2-4-6-20)32-25(17-28(36)37)21-8-10-22(30)11-9-21/h7-12,15,20,24-25,32H,2-6,13-14,16-18H2,1H3,(H,36,37)/t24?,25-/m1/s1. The summed E-state index contributed by atoms with van der Waals surface area (Å²) in [5.74, 6) is -0.197. The minimum Gasteiger partial charge on any atom is -0.490 e. The van der Waals surface area contributed by atoms with Crippen LogP contribution in [0.2, 0.25) is 10.0 Å². The zero-order chi connectivity index (χ0) is 27.9. The molecule has 0 aromatic heterocycles. The molecule has 8 nitrogen and oxygen atoms in total. The molecule has 2 aliphatic rings. The highest BCUT2D eigenvalue weighted by atomic mass is 35.5. The molecule has 210 valence electrons. The van der Waals surface area contributed by atoms with Crippen molar-refractivity contribution in [3.05, 3.63) is 63.6 Å². The second-order valence-corrected chi connectivity index (χ2v) is 11.2. The molecule has 1 unspecified atom stereocenters. The van der Waals surface area contributed by atoms with Gasteiger partial charge in [0.15, 0.2) is 0 Å². The van der Waals surface area contributed by atoms with Crippen LogP contribution >= 0.6 is 23.2 Å². The van der Waals surface area contributed by atoms with Crippen LogP contribution in [0, 0.1) is 5.92 Å². The molecule has 1 aliphatic carbocycles. The van der Waals surface area contributed by atoms with Gasteiger partial charge in [-0.1, -0.05) is 60.7 Å². The number of carbonyl (C=O) groups is 3. The minimum absolute atomic E-state index is 0.0315. The molecule has 39 heavy (non-hydrogen) atoms. The van der Waals surface area contributed by atoms with Crippen molar-refractivity contribution in [2.75, 3.05) is 26.7 Å². The van der Waals surface area contributed by atoms with E-state index in [0.717, 1.165) is 24.0 Å². The smallest absolute Gasteiger partial charge is 0.327 e. The van der Waals surface area contributed by atoms with Gasteiger partial charge in [-0.25, -0.2) is 4.79 Å². The van der Waals surface area contributed by atoms with E-state index in [0.29, 0.717) is 28.1 Å². The number of hydrogen-bond acceptors (Lipinski definition) is 5. The fraction of sp³-hybridized carbons (Fsp3) is 0.483. The molecule has 2 N–H and O–H groups in total. The summed E-state index contributed by atoms with van der Waals surface area (Å²) in [6.07, 6.45) is 6.40. The number of carboxylic acid groups (broad SMARTS) is 1. The van der Waals surface area contributed by atoms with Gasteiger partial charge in [-0.05, 0) is 60.6 Å². The molecular formula is C29H35Cl2N3O5. The summed E-state index contributed by atoms with van der Waals surface area (Å²) in [5.41, 5.74) is 1.91. The Morgan fingerprint density at radius 2 is 1.82 bits per heavy atom. The third-order valence-electron chi connectivity index (χ3n) is 7.54. The average Bonchev–Trinajstić information content (AvgIpc) is 3.15. The summed E-state index contributed by atoms with van der Waals surface area (Å²) in [5, 5.41) is 14.4. The number of carboxylic acids is 1. The number of amides is 3. The molecule has 0 radical (unpaired) electrons. The van der Waals surface area contributed by atoms with Crippen LogP contribution in [-0.4, -0.2) is 65.6 Å². The Labute approximate surface area is 239 Å². The van der Waals surface area contributed by atoms with Crippen LogP contribution in [-0.2, 0) is 16.0 Å². The van der Waals surface area contributed by atoms with Crippen molar-refractivity contribution in [2.45, 2.75) is 57.0 Å². The van der Waals surface area contributed by atoms with E-state index in [1.807, 2.05) is 30.3 Å². The molecule has 1 heterocycles. The Morgan fingerprint density at radius 1 is 1.10 bits per heavy atom. The van der Waals surface area contributed by atoms with Crippen molar-refractivity contribution in [2.24, 2.45) is 5.92 Å². The summed E-state index contributed by atoms with van der Waals surface area (Å²) in [7, 11) is 1.59. The highest BCUT2D eigenvalue weighted by molar-refractivity contribution is 6.32. The normalized spacial score (nSPS) is 17.9. The summed E-state index contributed by atoms with van der Waals surface area (Å²) in [6, 6.07) is 12.4. The lowest BCUT2D eigenvalue weighted by atomic mass is 9.81. The third kappa shape index (κ3) is 7.87. The molecule has 2 aromatic rings. The Kier molecular flexibility index (Phi) is 10.1. The lowest BCUT2D eigenvalue weighted by Gasteiger charge is -2.34. The molecule has 1 aliphatic heterocycles. The number of nitrogens with zero attached hydrogens (tertiary/aromatic N) is 2. The quantitative estimate of drug-likeness (QED) is 0.321. The number of halogens is 2. The Morgan fingerprint density at radius 3 is 2.44 bits per heavy atom.